The van der Waals surface area contributed by atoms with Crippen molar-refractivity contribution in [3.63, 3.8) is 0 Å². The van der Waals surface area contributed by atoms with Crippen LogP contribution in [0.15, 0.2) is 78.9 Å². The summed E-state index contributed by atoms with van der Waals surface area (Å²) < 4.78 is 11.7. The molecule has 0 aromatic heterocycles. The van der Waals surface area contributed by atoms with Gasteiger partial charge in [-0.1, -0.05) is 30.3 Å². The quantitative estimate of drug-likeness (QED) is 0.173. The van der Waals surface area contributed by atoms with Crippen molar-refractivity contribution in [2.45, 2.75) is 13.0 Å². The fourth-order valence-corrected chi connectivity index (χ4v) is 4.41. The zero-order chi connectivity index (χ0) is 28.8. The molecule has 3 aromatic carbocycles. The fourth-order valence-electron chi connectivity index (χ4n) is 4.13. The summed E-state index contributed by atoms with van der Waals surface area (Å²) in [5, 5.41) is 21.1. The molecule has 9 nitrogen and oxygen atoms in total. The van der Waals surface area contributed by atoms with Crippen molar-refractivity contribution in [2.24, 2.45) is 0 Å². The number of methoxy groups -OCH3 is 1. The maximum atomic E-state index is 13.4. The summed E-state index contributed by atoms with van der Waals surface area (Å²) in [5.41, 5.74) is 2.30. The third-order valence-electron chi connectivity index (χ3n) is 6.01. The van der Waals surface area contributed by atoms with Crippen LogP contribution < -0.4 is 19.7 Å². The molecule has 200 valence electrons. The van der Waals surface area contributed by atoms with E-state index in [2.05, 4.69) is 18.0 Å². The van der Waals surface area contributed by atoms with Crippen LogP contribution in [0.25, 0.3) is 6.08 Å². The number of allylic oxidation sites excluding steroid dienone is 1. The number of nitrogens with one attached hydrogen (secondary N) is 1. The smallest absolute Gasteiger partial charge is 0.335 e. The first-order valence-corrected chi connectivity index (χ1v) is 12.4. The number of carbonyl (C=O) groups excluding carboxylic acids is 2. The van der Waals surface area contributed by atoms with Gasteiger partial charge in [-0.05, 0) is 66.7 Å². The maximum Gasteiger partial charge on any atom is 0.335 e. The highest BCUT2D eigenvalue weighted by Gasteiger charge is 2.35. The summed E-state index contributed by atoms with van der Waals surface area (Å²) in [6.45, 7) is 3.92. The Morgan fingerprint density at radius 1 is 1.15 bits per heavy atom. The molecule has 1 fully saturated rings. The van der Waals surface area contributed by atoms with E-state index in [9.17, 15) is 24.8 Å². The number of aromatic carboxylic acids is 1. The second-order valence-corrected chi connectivity index (χ2v) is 8.96. The lowest BCUT2D eigenvalue weighted by molar-refractivity contribution is -0.122. The number of nitriles is 1. The largest absolute Gasteiger partial charge is 0.493 e. The molecule has 2 N–H and O–H groups in total. The molecule has 2 amide bonds. The number of hydrogen-bond acceptors (Lipinski definition) is 7. The van der Waals surface area contributed by atoms with Gasteiger partial charge in [-0.15, -0.1) is 6.58 Å². The van der Waals surface area contributed by atoms with Crippen LogP contribution in [0.2, 0.25) is 0 Å². The van der Waals surface area contributed by atoms with Crippen LogP contribution in [0.1, 0.15) is 32.6 Å². The van der Waals surface area contributed by atoms with Crippen molar-refractivity contribution in [3.8, 4) is 17.6 Å². The summed E-state index contributed by atoms with van der Waals surface area (Å²) >= 11 is 5.22. The summed E-state index contributed by atoms with van der Waals surface area (Å²) in [6.07, 6.45) is 3.47. The number of ether oxygens (including phenoxy) is 2. The van der Waals surface area contributed by atoms with Crippen LogP contribution in [0.3, 0.4) is 0 Å². The number of nitrogens with zero attached hydrogens (tertiary/aromatic N) is 2. The van der Waals surface area contributed by atoms with E-state index in [1.54, 1.807) is 36.4 Å². The van der Waals surface area contributed by atoms with Crippen LogP contribution in [0.4, 0.5) is 5.69 Å². The van der Waals surface area contributed by atoms with Gasteiger partial charge in [0, 0.05) is 11.1 Å². The molecule has 0 saturated carbocycles. The Kier molecular flexibility index (Phi) is 8.37. The van der Waals surface area contributed by atoms with Gasteiger partial charge in [0.2, 0.25) is 0 Å². The number of carbonyl (C=O) groups is 3. The van der Waals surface area contributed by atoms with E-state index in [1.165, 1.54) is 37.5 Å². The monoisotopic (exact) mass is 553 g/mol. The molecule has 40 heavy (non-hydrogen) atoms. The van der Waals surface area contributed by atoms with Gasteiger partial charge >= 0.3 is 5.97 Å². The second-order valence-electron chi connectivity index (χ2n) is 8.58. The SMILES string of the molecule is C=CCc1cc(C=C2C(=O)NC(=S)N(c3cccc(C(=O)O)c3)C2=O)cc(OC)c1OCc1ccccc1C#N. The zero-order valence-electron chi connectivity index (χ0n) is 21.3. The van der Waals surface area contributed by atoms with Crippen LogP contribution >= 0.6 is 12.2 Å². The Balaban J connectivity index is 1.72. The van der Waals surface area contributed by atoms with E-state index in [4.69, 9.17) is 21.7 Å². The molecule has 10 heteroatoms. The Bertz CT molecular complexity index is 1620. The second kappa shape index (κ2) is 12.1. The Labute approximate surface area is 235 Å². The van der Waals surface area contributed by atoms with Crippen LogP contribution in [0, 0.1) is 11.3 Å². The van der Waals surface area contributed by atoms with Gasteiger partial charge in [-0.25, -0.2) is 4.79 Å². The molecule has 0 unspecified atom stereocenters. The van der Waals surface area contributed by atoms with Gasteiger partial charge in [-0.3, -0.25) is 19.8 Å². The minimum Gasteiger partial charge on any atom is -0.493 e. The van der Waals surface area contributed by atoms with Gasteiger partial charge in [0.1, 0.15) is 12.2 Å². The lowest BCUT2D eigenvalue weighted by atomic mass is 10.0. The molecule has 0 atom stereocenters. The summed E-state index contributed by atoms with van der Waals surface area (Å²) in [5.74, 6) is -1.79. The minimum absolute atomic E-state index is 0.0395. The van der Waals surface area contributed by atoms with Crippen molar-refractivity contribution in [1.82, 2.24) is 5.32 Å². The summed E-state index contributed by atoms with van der Waals surface area (Å²) in [7, 11) is 1.47. The average molecular weight is 554 g/mol. The summed E-state index contributed by atoms with van der Waals surface area (Å²) in [6, 6.07) is 18.3. The topological polar surface area (TPSA) is 129 Å². The molecule has 1 aliphatic rings. The molecule has 1 aliphatic heterocycles. The van der Waals surface area contributed by atoms with E-state index >= 15 is 0 Å². The molecular weight excluding hydrogens is 530 g/mol. The Hall–Kier alpha value is -5.27. The number of thiocarbonyl (C=S) groups is 1. The molecule has 0 aliphatic carbocycles. The van der Waals surface area contributed by atoms with E-state index in [-0.39, 0.29) is 28.5 Å². The highest BCUT2D eigenvalue weighted by molar-refractivity contribution is 7.80. The van der Waals surface area contributed by atoms with Crippen LogP contribution in [0.5, 0.6) is 11.5 Å². The Morgan fingerprint density at radius 2 is 1.93 bits per heavy atom. The third-order valence-corrected chi connectivity index (χ3v) is 6.30. The van der Waals surface area contributed by atoms with Crippen molar-refractivity contribution >= 4 is 46.9 Å². The van der Waals surface area contributed by atoms with E-state index in [0.29, 0.717) is 40.2 Å². The van der Waals surface area contributed by atoms with Gasteiger partial charge in [-0.2, -0.15) is 5.26 Å². The van der Waals surface area contributed by atoms with Crippen molar-refractivity contribution in [2.75, 3.05) is 12.0 Å². The Morgan fingerprint density at radius 3 is 2.62 bits per heavy atom. The number of carboxylic acids is 1. The first-order chi connectivity index (χ1) is 19.3. The predicted molar refractivity (Wildman–Crippen MR) is 152 cm³/mol. The lowest BCUT2D eigenvalue weighted by Crippen LogP contribution is -2.54. The van der Waals surface area contributed by atoms with E-state index in [1.807, 2.05) is 6.07 Å². The minimum atomic E-state index is -1.17. The molecule has 1 saturated heterocycles. The van der Waals surface area contributed by atoms with Crippen LogP contribution in [-0.4, -0.2) is 35.1 Å². The predicted octanol–water partition coefficient (Wildman–Crippen LogP) is 4.40. The molecule has 0 spiro atoms. The first-order valence-electron chi connectivity index (χ1n) is 11.9. The van der Waals surface area contributed by atoms with E-state index in [0.717, 1.165) is 4.90 Å². The first kappa shape index (κ1) is 27.8. The van der Waals surface area contributed by atoms with Crippen LogP contribution in [-0.2, 0) is 22.6 Å². The molecule has 0 radical (unpaired) electrons. The lowest BCUT2D eigenvalue weighted by Gasteiger charge is -2.29. The number of carboxylic acid groups (broad SMARTS) is 1. The number of benzene rings is 3. The van der Waals surface area contributed by atoms with Crippen molar-refractivity contribution < 1.29 is 29.0 Å². The summed E-state index contributed by atoms with van der Waals surface area (Å²) in [4.78, 5) is 38.8. The van der Waals surface area contributed by atoms with Gasteiger partial charge in [0.25, 0.3) is 11.8 Å². The van der Waals surface area contributed by atoms with Gasteiger partial charge < -0.3 is 14.6 Å². The highest BCUT2D eigenvalue weighted by Crippen LogP contribution is 2.35. The average Bonchev–Trinajstić information content (AvgIpc) is 2.94. The van der Waals surface area contributed by atoms with Crippen molar-refractivity contribution in [1.29, 1.82) is 5.26 Å². The van der Waals surface area contributed by atoms with Gasteiger partial charge in [0.05, 0.1) is 30.0 Å². The standard InChI is InChI=1S/C30H23N3O6S/c1-3-7-19-12-18(14-25(38-2)26(19)39-17-22-9-5-4-8-21(22)16-31)13-24-27(34)32-30(40)33(28(24)35)23-11-6-10-20(15-23)29(36)37/h3-6,8-15H,1,7,17H2,2H3,(H,36,37)(H,32,34,40). The normalized spacial score (nSPS) is 13.9. The van der Waals surface area contributed by atoms with E-state index < -0.39 is 17.8 Å². The van der Waals surface area contributed by atoms with Crippen molar-refractivity contribution in [3.05, 3.63) is 107 Å². The fraction of sp³-hybridized carbons (Fsp3) is 0.100. The molecule has 1 heterocycles. The number of rotatable bonds is 9. The maximum absolute atomic E-state index is 13.4. The third kappa shape index (κ3) is 5.75. The highest BCUT2D eigenvalue weighted by atomic mass is 32.1. The molecular formula is C30H23N3O6S. The van der Waals surface area contributed by atoms with Gasteiger partial charge in [0.15, 0.2) is 16.6 Å². The molecule has 0 bridgehead atoms. The zero-order valence-corrected chi connectivity index (χ0v) is 22.2. The number of anilines is 1. The molecule has 3 aromatic rings. The number of amides is 2. The molecule has 4 rings (SSSR count). The number of hydrogen-bond donors (Lipinski definition) is 2.